The molecule has 21 heavy (non-hydrogen) atoms. The first kappa shape index (κ1) is 13.9. The van der Waals surface area contributed by atoms with Crippen LogP contribution in [0.2, 0.25) is 0 Å². The third kappa shape index (κ3) is 2.47. The van der Waals surface area contributed by atoms with Gasteiger partial charge in [0.15, 0.2) is 0 Å². The smallest absolute Gasteiger partial charge is 0.261 e. The van der Waals surface area contributed by atoms with Gasteiger partial charge in [-0.3, -0.25) is 10.1 Å². The van der Waals surface area contributed by atoms with E-state index in [0.717, 1.165) is 15.5 Å². The van der Waals surface area contributed by atoms with Gasteiger partial charge in [-0.05, 0) is 38.1 Å². The van der Waals surface area contributed by atoms with Crippen molar-refractivity contribution < 1.29 is 9.21 Å². The highest BCUT2D eigenvalue weighted by Gasteiger charge is 2.16. The van der Waals surface area contributed by atoms with Crippen molar-refractivity contribution in [3.05, 3.63) is 46.3 Å². The first-order valence-electron chi connectivity index (χ1n) is 6.61. The lowest BCUT2D eigenvalue weighted by molar-refractivity contribution is 0.102. The van der Waals surface area contributed by atoms with Gasteiger partial charge in [0.25, 0.3) is 5.91 Å². The second-order valence-corrected chi connectivity index (χ2v) is 5.57. The van der Waals surface area contributed by atoms with Gasteiger partial charge in [-0.15, -0.1) is 0 Å². The monoisotopic (exact) mass is 347 g/mol. The number of fused-ring (bicyclic) bond motifs is 1. The van der Waals surface area contributed by atoms with E-state index in [1.165, 1.54) is 6.26 Å². The Labute approximate surface area is 130 Å². The van der Waals surface area contributed by atoms with Crippen LogP contribution >= 0.6 is 15.9 Å². The van der Waals surface area contributed by atoms with Crippen LogP contribution in [0.5, 0.6) is 0 Å². The number of amides is 1. The maximum Gasteiger partial charge on any atom is 0.261 e. The molecule has 3 aromatic rings. The number of hydrogen-bond donors (Lipinski definition) is 1. The molecule has 3 rings (SSSR count). The minimum Gasteiger partial charge on any atom is -0.469 e. The highest BCUT2D eigenvalue weighted by molar-refractivity contribution is 9.10. The van der Waals surface area contributed by atoms with E-state index in [2.05, 4.69) is 26.2 Å². The van der Waals surface area contributed by atoms with E-state index in [1.807, 2.05) is 29.7 Å². The van der Waals surface area contributed by atoms with Crippen molar-refractivity contribution in [3.8, 4) is 0 Å². The second-order valence-electron chi connectivity index (χ2n) is 4.66. The van der Waals surface area contributed by atoms with Crippen molar-refractivity contribution in [2.75, 3.05) is 5.32 Å². The molecule has 0 fully saturated rings. The van der Waals surface area contributed by atoms with E-state index in [0.29, 0.717) is 23.8 Å². The van der Waals surface area contributed by atoms with Gasteiger partial charge in [-0.2, -0.15) is 0 Å². The van der Waals surface area contributed by atoms with Crippen molar-refractivity contribution in [2.45, 2.75) is 20.4 Å². The van der Waals surface area contributed by atoms with Crippen LogP contribution in [0.3, 0.4) is 0 Å². The normalized spacial score (nSPS) is 11.0. The molecule has 1 N–H and O–H groups in total. The SMILES string of the molecule is CCn1c(NC(=O)c2ccoc2C)nc2ccc(Br)cc21. The van der Waals surface area contributed by atoms with Gasteiger partial charge in [0.2, 0.25) is 5.95 Å². The molecule has 0 aliphatic carbocycles. The van der Waals surface area contributed by atoms with Gasteiger partial charge in [0.05, 0.1) is 22.9 Å². The van der Waals surface area contributed by atoms with Crippen LogP contribution in [0, 0.1) is 6.92 Å². The van der Waals surface area contributed by atoms with Crippen LogP contribution in [0.25, 0.3) is 11.0 Å². The van der Waals surface area contributed by atoms with Crippen LogP contribution in [-0.2, 0) is 6.54 Å². The Kier molecular flexibility index (Phi) is 3.55. The van der Waals surface area contributed by atoms with E-state index in [4.69, 9.17) is 4.42 Å². The molecule has 1 amide bonds. The zero-order valence-electron chi connectivity index (χ0n) is 11.7. The number of carbonyl (C=O) groups excluding carboxylic acids is 1. The maximum atomic E-state index is 12.3. The fourth-order valence-corrected chi connectivity index (χ4v) is 2.65. The third-order valence-corrected chi connectivity index (χ3v) is 3.85. The molecule has 5 nitrogen and oxygen atoms in total. The predicted molar refractivity (Wildman–Crippen MR) is 84.5 cm³/mol. The highest BCUT2D eigenvalue weighted by Crippen LogP contribution is 2.24. The largest absolute Gasteiger partial charge is 0.469 e. The summed E-state index contributed by atoms with van der Waals surface area (Å²) in [5.41, 5.74) is 2.34. The summed E-state index contributed by atoms with van der Waals surface area (Å²) in [6.07, 6.45) is 1.50. The fourth-order valence-electron chi connectivity index (χ4n) is 2.30. The molecular formula is C15H14BrN3O2. The van der Waals surface area contributed by atoms with Gasteiger partial charge in [-0.25, -0.2) is 4.98 Å². The van der Waals surface area contributed by atoms with Crippen LogP contribution in [0.1, 0.15) is 23.0 Å². The summed E-state index contributed by atoms with van der Waals surface area (Å²) in [5, 5.41) is 2.85. The van der Waals surface area contributed by atoms with E-state index < -0.39 is 0 Å². The average molecular weight is 348 g/mol. The molecule has 0 aliphatic heterocycles. The zero-order chi connectivity index (χ0) is 15.0. The highest BCUT2D eigenvalue weighted by atomic mass is 79.9. The summed E-state index contributed by atoms with van der Waals surface area (Å²) >= 11 is 3.46. The molecule has 0 aliphatic rings. The Hall–Kier alpha value is -2.08. The number of hydrogen-bond acceptors (Lipinski definition) is 3. The Bertz CT molecular complexity index is 820. The van der Waals surface area contributed by atoms with Gasteiger partial charge in [0, 0.05) is 11.0 Å². The molecule has 2 heterocycles. The first-order valence-corrected chi connectivity index (χ1v) is 7.40. The second kappa shape index (κ2) is 5.37. The van der Waals surface area contributed by atoms with E-state index in [1.54, 1.807) is 13.0 Å². The van der Waals surface area contributed by atoms with Gasteiger partial charge in [0.1, 0.15) is 5.76 Å². The Morgan fingerprint density at radius 3 is 2.90 bits per heavy atom. The van der Waals surface area contributed by atoms with E-state index >= 15 is 0 Å². The van der Waals surface area contributed by atoms with Crippen LogP contribution in [0.4, 0.5) is 5.95 Å². The van der Waals surface area contributed by atoms with Crippen molar-refractivity contribution in [1.82, 2.24) is 9.55 Å². The minimum atomic E-state index is -0.217. The summed E-state index contributed by atoms with van der Waals surface area (Å²) in [7, 11) is 0. The molecule has 0 unspecified atom stereocenters. The molecule has 0 atom stereocenters. The Morgan fingerprint density at radius 2 is 2.24 bits per heavy atom. The van der Waals surface area contributed by atoms with Gasteiger partial charge in [-0.1, -0.05) is 15.9 Å². The molecule has 0 radical (unpaired) electrons. The lowest BCUT2D eigenvalue weighted by Crippen LogP contribution is -2.16. The number of furan rings is 1. The first-order chi connectivity index (χ1) is 10.1. The number of aromatic nitrogens is 2. The van der Waals surface area contributed by atoms with Crippen LogP contribution in [-0.4, -0.2) is 15.5 Å². The number of imidazole rings is 1. The number of anilines is 1. The number of carbonyl (C=O) groups is 1. The number of nitrogens with one attached hydrogen (secondary N) is 1. The molecule has 0 saturated carbocycles. The number of aryl methyl sites for hydroxylation is 2. The van der Waals surface area contributed by atoms with Crippen molar-refractivity contribution in [1.29, 1.82) is 0 Å². The zero-order valence-corrected chi connectivity index (χ0v) is 13.3. The lowest BCUT2D eigenvalue weighted by atomic mass is 10.2. The van der Waals surface area contributed by atoms with E-state index in [-0.39, 0.29) is 5.91 Å². The summed E-state index contributed by atoms with van der Waals surface area (Å²) in [4.78, 5) is 16.8. The van der Waals surface area contributed by atoms with Crippen molar-refractivity contribution in [2.24, 2.45) is 0 Å². The Balaban J connectivity index is 2.01. The summed E-state index contributed by atoms with van der Waals surface area (Å²) in [6, 6.07) is 7.50. The van der Waals surface area contributed by atoms with Gasteiger partial charge >= 0.3 is 0 Å². The Morgan fingerprint density at radius 1 is 1.43 bits per heavy atom. The number of rotatable bonds is 3. The number of benzene rings is 1. The summed E-state index contributed by atoms with van der Waals surface area (Å²) < 4.78 is 8.11. The molecule has 6 heteroatoms. The molecule has 0 spiro atoms. The standard InChI is InChI=1S/C15H14BrN3O2/c1-3-19-13-8-10(16)4-5-12(13)17-15(19)18-14(20)11-6-7-21-9(11)2/h4-8H,3H2,1-2H3,(H,17,18,20). The van der Waals surface area contributed by atoms with E-state index in [9.17, 15) is 4.79 Å². The fraction of sp³-hybridized carbons (Fsp3) is 0.200. The van der Waals surface area contributed by atoms with Gasteiger partial charge < -0.3 is 8.98 Å². The average Bonchev–Trinajstić information content (AvgIpc) is 3.01. The number of nitrogens with zero attached hydrogens (tertiary/aromatic N) is 2. The molecule has 0 saturated heterocycles. The molecule has 0 bridgehead atoms. The van der Waals surface area contributed by atoms with Crippen LogP contribution < -0.4 is 5.32 Å². The quantitative estimate of drug-likeness (QED) is 0.779. The van der Waals surface area contributed by atoms with Crippen LogP contribution in [0.15, 0.2) is 39.4 Å². The minimum absolute atomic E-state index is 0.217. The molecule has 108 valence electrons. The van der Waals surface area contributed by atoms with Crippen molar-refractivity contribution >= 4 is 38.8 Å². The summed E-state index contributed by atoms with van der Waals surface area (Å²) in [5.74, 6) is 0.913. The lowest BCUT2D eigenvalue weighted by Gasteiger charge is -2.07. The molecule has 1 aromatic carbocycles. The summed E-state index contributed by atoms with van der Waals surface area (Å²) in [6.45, 7) is 4.49. The third-order valence-electron chi connectivity index (χ3n) is 3.36. The maximum absolute atomic E-state index is 12.3. The topological polar surface area (TPSA) is 60.1 Å². The van der Waals surface area contributed by atoms with Crippen molar-refractivity contribution in [3.63, 3.8) is 0 Å². The predicted octanol–water partition coefficient (Wildman–Crippen LogP) is 3.97. The molecule has 2 aromatic heterocycles. The molecular weight excluding hydrogens is 334 g/mol. The number of halogens is 1.